The van der Waals surface area contributed by atoms with Gasteiger partial charge in [-0.1, -0.05) is 11.6 Å². The predicted octanol–water partition coefficient (Wildman–Crippen LogP) is 1.74. The number of urea groups is 1. The quantitative estimate of drug-likeness (QED) is 0.786. The van der Waals surface area contributed by atoms with Gasteiger partial charge < -0.3 is 5.32 Å². The Labute approximate surface area is 92.1 Å². The molecule has 1 aliphatic heterocycles. The number of benzene rings is 1. The van der Waals surface area contributed by atoms with Crippen molar-refractivity contribution in [3.05, 3.63) is 28.8 Å². The van der Waals surface area contributed by atoms with Gasteiger partial charge in [-0.05, 0) is 18.2 Å². The molecule has 0 spiro atoms. The minimum Gasteiger partial charge on any atom is -0.336 e. The summed E-state index contributed by atoms with van der Waals surface area (Å²) in [6.07, 6.45) is 0. The molecule has 5 heteroatoms. The summed E-state index contributed by atoms with van der Waals surface area (Å²) in [6, 6.07) is 6.73. The van der Waals surface area contributed by atoms with Crippen molar-refractivity contribution in [2.45, 2.75) is 0 Å². The van der Waals surface area contributed by atoms with Crippen LogP contribution in [0.2, 0.25) is 5.02 Å². The summed E-state index contributed by atoms with van der Waals surface area (Å²) in [4.78, 5) is 12.9. The molecule has 0 bridgehead atoms. The molecule has 0 atom stereocenters. The lowest BCUT2D eigenvalue weighted by Crippen LogP contribution is -2.28. The first-order valence-electron chi connectivity index (χ1n) is 4.47. The zero-order valence-electron chi connectivity index (χ0n) is 7.83. The standard InChI is InChI=1S/C10H8ClN3O/c11-8-2-1-7(6-12)9(5-8)14-4-3-13-10(14)15/h1-2,5H,3-4H2,(H,13,15). The Morgan fingerprint density at radius 3 is 2.93 bits per heavy atom. The van der Waals surface area contributed by atoms with Crippen LogP contribution in [-0.4, -0.2) is 19.1 Å². The van der Waals surface area contributed by atoms with Gasteiger partial charge in [0.05, 0.1) is 11.3 Å². The van der Waals surface area contributed by atoms with Gasteiger partial charge in [-0.25, -0.2) is 4.79 Å². The third-order valence-corrected chi connectivity index (χ3v) is 2.46. The van der Waals surface area contributed by atoms with E-state index >= 15 is 0 Å². The minimum absolute atomic E-state index is 0.186. The second kappa shape index (κ2) is 3.79. The van der Waals surface area contributed by atoms with Gasteiger partial charge in [-0.15, -0.1) is 0 Å². The number of carbonyl (C=O) groups is 1. The van der Waals surface area contributed by atoms with E-state index in [2.05, 4.69) is 5.32 Å². The van der Waals surface area contributed by atoms with Crippen LogP contribution in [0.15, 0.2) is 18.2 Å². The zero-order chi connectivity index (χ0) is 10.8. The average molecular weight is 222 g/mol. The van der Waals surface area contributed by atoms with Crippen molar-refractivity contribution >= 4 is 23.3 Å². The number of rotatable bonds is 1. The number of hydrogen-bond acceptors (Lipinski definition) is 2. The Hall–Kier alpha value is -1.73. The molecule has 1 aromatic rings. The van der Waals surface area contributed by atoms with E-state index in [9.17, 15) is 4.79 Å². The average Bonchev–Trinajstić information content (AvgIpc) is 2.64. The van der Waals surface area contributed by atoms with Gasteiger partial charge in [-0.2, -0.15) is 5.26 Å². The lowest BCUT2D eigenvalue weighted by molar-refractivity contribution is 0.252. The maximum Gasteiger partial charge on any atom is 0.322 e. The SMILES string of the molecule is N#Cc1ccc(Cl)cc1N1CCNC1=O. The molecule has 4 nitrogen and oxygen atoms in total. The molecule has 1 fully saturated rings. The smallest absolute Gasteiger partial charge is 0.322 e. The van der Waals surface area contributed by atoms with E-state index in [1.807, 2.05) is 6.07 Å². The Kier molecular flexibility index (Phi) is 2.48. The fourth-order valence-corrected chi connectivity index (χ4v) is 1.69. The predicted molar refractivity (Wildman–Crippen MR) is 56.9 cm³/mol. The van der Waals surface area contributed by atoms with Gasteiger partial charge in [0.25, 0.3) is 0 Å². The number of amides is 2. The largest absolute Gasteiger partial charge is 0.336 e. The van der Waals surface area contributed by atoms with Crippen LogP contribution in [-0.2, 0) is 0 Å². The van der Waals surface area contributed by atoms with E-state index in [4.69, 9.17) is 16.9 Å². The van der Waals surface area contributed by atoms with Crippen LogP contribution >= 0.6 is 11.6 Å². The third-order valence-electron chi connectivity index (χ3n) is 2.23. The monoisotopic (exact) mass is 221 g/mol. The summed E-state index contributed by atoms with van der Waals surface area (Å²) >= 11 is 5.83. The van der Waals surface area contributed by atoms with Crippen LogP contribution in [0.1, 0.15) is 5.56 Å². The Morgan fingerprint density at radius 2 is 2.33 bits per heavy atom. The highest BCUT2D eigenvalue weighted by molar-refractivity contribution is 6.31. The molecule has 1 aromatic carbocycles. The van der Waals surface area contributed by atoms with Crippen molar-refractivity contribution in [2.75, 3.05) is 18.0 Å². The minimum atomic E-state index is -0.186. The molecule has 0 aromatic heterocycles. The Balaban J connectivity index is 2.46. The summed E-state index contributed by atoms with van der Waals surface area (Å²) < 4.78 is 0. The molecule has 15 heavy (non-hydrogen) atoms. The van der Waals surface area contributed by atoms with Gasteiger partial charge in [-0.3, -0.25) is 4.90 Å². The van der Waals surface area contributed by atoms with Gasteiger partial charge in [0.1, 0.15) is 6.07 Å². The topological polar surface area (TPSA) is 56.1 Å². The third kappa shape index (κ3) is 1.74. The lowest BCUT2D eigenvalue weighted by Gasteiger charge is -2.15. The van der Waals surface area contributed by atoms with E-state index < -0.39 is 0 Å². The van der Waals surface area contributed by atoms with E-state index in [1.54, 1.807) is 18.2 Å². The van der Waals surface area contributed by atoms with Crippen LogP contribution in [0.3, 0.4) is 0 Å². The Bertz CT molecular complexity index is 452. The first kappa shape index (κ1) is 9.81. The normalized spacial score (nSPS) is 14.9. The van der Waals surface area contributed by atoms with E-state index in [1.165, 1.54) is 4.90 Å². The molecule has 0 radical (unpaired) electrons. The van der Waals surface area contributed by atoms with Gasteiger partial charge in [0.15, 0.2) is 0 Å². The summed E-state index contributed by atoms with van der Waals surface area (Å²) in [5.41, 5.74) is 1.02. The molecule has 0 unspecified atom stereocenters. The van der Waals surface area contributed by atoms with E-state index in [-0.39, 0.29) is 6.03 Å². The maximum absolute atomic E-state index is 11.4. The molecular weight excluding hydrogens is 214 g/mol. The number of halogens is 1. The van der Waals surface area contributed by atoms with Gasteiger partial charge in [0.2, 0.25) is 0 Å². The second-order valence-electron chi connectivity index (χ2n) is 3.16. The lowest BCUT2D eigenvalue weighted by atomic mass is 10.2. The van der Waals surface area contributed by atoms with E-state index in [0.717, 1.165) is 0 Å². The number of hydrogen-bond donors (Lipinski definition) is 1. The van der Waals surface area contributed by atoms with Crippen molar-refractivity contribution in [1.82, 2.24) is 5.32 Å². The van der Waals surface area contributed by atoms with Gasteiger partial charge >= 0.3 is 6.03 Å². The first-order valence-corrected chi connectivity index (χ1v) is 4.85. The molecule has 1 aliphatic rings. The maximum atomic E-state index is 11.4. The number of nitriles is 1. The van der Waals surface area contributed by atoms with Crippen LogP contribution in [0.5, 0.6) is 0 Å². The fourth-order valence-electron chi connectivity index (χ4n) is 1.52. The fraction of sp³-hybridized carbons (Fsp3) is 0.200. The van der Waals surface area contributed by atoms with Crippen LogP contribution in [0.25, 0.3) is 0 Å². The number of nitrogens with one attached hydrogen (secondary N) is 1. The summed E-state index contributed by atoms with van der Waals surface area (Å²) in [5, 5.41) is 12.1. The molecule has 2 rings (SSSR count). The zero-order valence-corrected chi connectivity index (χ0v) is 8.58. The Morgan fingerprint density at radius 1 is 1.53 bits per heavy atom. The van der Waals surface area contributed by atoms with E-state index in [0.29, 0.717) is 29.4 Å². The van der Waals surface area contributed by atoms with Crippen molar-refractivity contribution < 1.29 is 4.79 Å². The second-order valence-corrected chi connectivity index (χ2v) is 3.59. The molecular formula is C10H8ClN3O. The van der Waals surface area contributed by atoms with Crippen LogP contribution in [0, 0.1) is 11.3 Å². The highest BCUT2D eigenvalue weighted by Gasteiger charge is 2.23. The van der Waals surface area contributed by atoms with Crippen molar-refractivity contribution in [3.8, 4) is 6.07 Å². The van der Waals surface area contributed by atoms with Crippen LogP contribution < -0.4 is 10.2 Å². The molecule has 1 N–H and O–H groups in total. The summed E-state index contributed by atoms with van der Waals surface area (Å²) in [7, 11) is 0. The van der Waals surface area contributed by atoms with Crippen molar-refractivity contribution in [2.24, 2.45) is 0 Å². The molecule has 2 amide bonds. The first-order chi connectivity index (χ1) is 7.22. The molecule has 0 saturated carbocycles. The summed E-state index contributed by atoms with van der Waals surface area (Å²) in [5.74, 6) is 0. The van der Waals surface area contributed by atoms with Crippen molar-refractivity contribution in [3.63, 3.8) is 0 Å². The summed E-state index contributed by atoms with van der Waals surface area (Å²) in [6.45, 7) is 1.16. The molecule has 1 saturated heterocycles. The molecule has 76 valence electrons. The van der Waals surface area contributed by atoms with Crippen LogP contribution in [0.4, 0.5) is 10.5 Å². The molecule has 0 aliphatic carbocycles. The number of nitrogens with zero attached hydrogens (tertiary/aromatic N) is 2. The number of carbonyl (C=O) groups excluding carboxylic acids is 1. The van der Waals surface area contributed by atoms with Gasteiger partial charge in [0, 0.05) is 18.1 Å². The highest BCUT2D eigenvalue weighted by Crippen LogP contribution is 2.25. The van der Waals surface area contributed by atoms with Crippen molar-refractivity contribution in [1.29, 1.82) is 5.26 Å². The number of anilines is 1. The molecule has 1 heterocycles. The highest BCUT2D eigenvalue weighted by atomic mass is 35.5.